The molecule has 2 aliphatic heterocycles. The Balaban J connectivity index is 0.00000306. The Morgan fingerprint density at radius 1 is 1.24 bits per heavy atom. The fourth-order valence-corrected chi connectivity index (χ4v) is 4.55. The molecule has 8 heteroatoms. The van der Waals surface area contributed by atoms with Gasteiger partial charge in [-0.3, -0.25) is 9.89 Å². The molecular weight excluding hydrogens is 534 g/mol. The minimum absolute atomic E-state index is 0. The average molecular weight is 568 g/mol. The van der Waals surface area contributed by atoms with E-state index in [9.17, 15) is 4.39 Å². The van der Waals surface area contributed by atoms with Crippen molar-refractivity contribution in [2.45, 2.75) is 51.4 Å². The van der Waals surface area contributed by atoms with E-state index >= 15 is 0 Å². The first kappa shape index (κ1) is 25.7. The fourth-order valence-electron chi connectivity index (χ4n) is 4.55. The molecule has 2 heterocycles. The molecule has 0 aromatic heterocycles. The number of benzene rings is 2. The molecule has 2 N–H and O–H groups in total. The molecule has 0 aliphatic carbocycles. The number of hydrogen-bond donors (Lipinski definition) is 2. The highest BCUT2D eigenvalue weighted by Gasteiger charge is 2.26. The van der Waals surface area contributed by atoms with E-state index in [1.807, 2.05) is 0 Å². The topological polar surface area (TPSA) is 58.1 Å². The van der Waals surface area contributed by atoms with Crippen LogP contribution in [0, 0.1) is 5.82 Å². The molecule has 0 bridgehead atoms. The summed E-state index contributed by atoms with van der Waals surface area (Å²) in [5.74, 6) is 1.28. The van der Waals surface area contributed by atoms with Crippen LogP contribution in [0.2, 0.25) is 0 Å². The maximum absolute atomic E-state index is 14.0. The lowest BCUT2D eigenvalue weighted by Gasteiger charge is -2.38. The van der Waals surface area contributed by atoms with Gasteiger partial charge in [-0.1, -0.05) is 30.3 Å². The zero-order valence-corrected chi connectivity index (χ0v) is 21.7. The van der Waals surface area contributed by atoms with Crippen LogP contribution < -0.4 is 15.4 Å². The van der Waals surface area contributed by atoms with Gasteiger partial charge in [-0.25, -0.2) is 4.39 Å². The highest BCUT2D eigenvalue weighted by molar-refractivity contribution is 14.0. The van der Waals surface area contributed by atoms with Crippen molar-refractivity contribution >= 4 is 29.9 Å². The number of guanidine groups is 1. The number of rotatable bonds is 6. The Morgan fingerprint density at radius 3 is 2.82 bits per heavy atom. The van der Waals surface area contributed by atoms with Gasteiger partial charge in [0.25, 0.3) is 0 Å². The summed E-state index contributed by atoms with van der Waals surface area (Å²) in [4.78, 5) is 6.93. The lowest BCUT2D eigenvalue weighted by atomic mass is 9.97. The molecule has 2 atom stereocenters. The van der Waals surface area contributed by atoms with Crippen molar-refractivity contribution in [2.75, 3.05) is 26.9 Å². The molecule has 1 fully saturated rings. The maximum Gasteiger partial charge on any atom is 0.191 e. The molecule has 0 radical (unpaired) electrons. The minimum atomic E-state index is -0.258. The number of aliphatic imine (C=N–C) groups is 1. The summed E-state index contributed by atoms with van der Waals surface area (Å²) in [6.45, 7) is 5.58. The van der Waals surface area contributed by atoms with E-state index in [1.54, 1.807) is 13.1 Å². The van der Waals surface area contributed by atoms with Gasteiger partial charge >= 0.3 is 0 Å². The summed E-state index contributed by atoms with van der Waals surface area (Å²) in [5.41, 5.74) is 2.98. The lowest BCUT2D eigenvalue weighted by molar-refractivity contribution is -0.0172. The average Bonchev–Trinajstić information content (AvgIpc) is 2.80. The van der Waals surface area contributed by atoms with Crippen LogP contribution in [0.3, 0.4) is 0 Å². The van der Waals surface area contributed by atoms with E-state index in [-0.39, 0.29) is 36.6 Å². The van der Waals surface area contributed by atoms with Crippen molar-refractivity contribution in [1.29, 1.82) is 0 Å². The Kier molecular flexibility index (Phi) is 9.76. The van der Waals surface area contributed by atoms with E-state index in [0.717, 1.165) is 48.8 Å². The zero-order valence-electron chi connectivity index (χ0n) is 19.4. The van der Waals surface area contributed by atoms with E-state index < -0.39 is 0 Å². The molecule has 180 valence electrons. The van der Waals surface area contributed by atoms with Crippen LogP contribution >= 0.6 is 24.0 Å². The standard InChI is InChI=1S/C25H33FN4O2.HI/c1-18-12-23(9-11-30(18)15-19-6-4-3-5-7-19)29-25(27-2)28-10-8-20-13-22(26)14-21-16-31-17-32-24(20)21;/h3-7,13-14,18,23H,8-12,15-17H2,1-2H3,(H2,27,28,29);1H. The SMILES string of the molecule is CN=C(NCCc1cc(F)cc2c1OCOC2)NC1CCN(Cc2ccccc2)C(C)C1.I. The van der Waals surface area contributed by atoms with Gasteiger partial charge in [0.1, 0.15) is 11.6 Å². The van der Waals surface area contributed by atoms with Crippen molar-refractivity contribution in [1.82, 2.24) is 15.5 Å². The second-order valence-electron chi connectivity index (χ2n) is 8.58. The molecule has 0 saturated carbocycles. The molecule has 33 heavy (non-hydrogen) atoms. The predicted octanol–water partition coefficient (Wildman–Crippen LogP) is 4.07. The Labute approximate surface area is 213 Å². The summed E-state index contributed by atoms with van der Waals surface area (Å²) in [6.07, 6.45) is 2.79. The first-order valence-corrected chi connectivity index (χ1v) is 11.4. The van der Waals surface area contributed by atoms with Crippen LogP contribution in [-0.2, 0) is 24.3 Å². The summed E-state index contributed by atoms with van der Waals surface area (Å²) < 4.78 is 24.8. The third-order valence-corrected chi connectivity index (χ3v) is 6.25. The first-order valence-electron chi connectivity index (χ1n) is 11.4. The van der Waals surface area contributed by atoms with Gasteiger partial charge in [-0.15, -0.1) is 24.0 Å². The number of nitrogens with one attached hydrogen (secondary N) is 2. The van der Waals surface area contributed by atoms with Crippen molar-refractivity contribution in [3.63, 3.8) is 0 Å². The summed E-state index contributed by atoms with van der Waals surface area (Å²) >= 11 is 0. The summed E-state index contributed by atoms with van der Waals surface area (Å²) in [7, 11) is 1.79. The van der Waals surface area contributed by atoms with Gasteiger partial charge in [0.2, 0.25) is 0 Å². The first-order chi connectivity index (χ1) is 15.6. The van der Waals surface area contributed by atoms with Crippen molar-refractivity contribution < 1.29 is 13.9 Å². The quantitative estimate of drug-likeness (QED) is 0.313. The Hall–Kier alpha value is -1.91. The van der Waals surface area contributed by atoms with Gasteiger partial charge in [0, 0.05) is 44.3 Å². The summed E-state index contributed by atoms with van der Waals surface area (Å²) in [5, 5.41) is 6.94. The van der Waals surface area contributed by atoms with Crippen molar-refractivity contribution in [3.8, 4) is 5.75 Å². The largest absolute Gasteiger partial charge is 0.467 e. The van der Waals surface area contributed by atoms with Crippen LogP contribution in [0.15, 0.2) is 47.5 Å². The molecule has 4 rings (SSSR count). The van der Waals surface area contributed by atoms with E-state index in [2.05, 4.69) is 57.8 Å². The number of halogens is 2. The lowest BCUT2D eigenvalue weighted by Crippen LogP contribution is -2.51. The van der Waals surface area contributed by atoms with Gasteiger partial charge < -0.3 is 20.1 Å². The maximum atomic E-state index is 14.0. The van der Waals surface area contributed by atoms with Crippen molar-refractivity contribution in [3.05, 3.63) is 65.0 Å². The van der Waals surface area contributed by atoms with E-state index in [1.165, 1.54) is 11.6 Å². The van der Waals surface area contributed by atoms with Gasteiger partial charge in [-0.05, 0) is 49.4 Å². The molecule has 0 amide bonds. The second kappa shape index (κ2) is 12.5. The van der Waals surface area contributed by atoms with E-state index in [4.69, 9.17) is 9.47 Å². The minimum Gasteiger partial charge on any atom is -0.467 e. The third kappa shape index (κ3) is 7.04. The number of nitrogens with zero attached hydrogens (tertiary/aromatic N) is 2. The normalized spacial score (nSPS) is 20.9. The monoisotopic (exact) mass is 568 g/mol. The molecular formula is C25H34FIN4O2. The highest BCUT2D eigenvalue weighted by Crippen LogP contribution is 2.29. The van der Waals surface area contributed by atoms with Crippen LogP contribution in [0.4, 0.5) is 4.39 Å². The molecule has 0 spiro atoms. The van der Waals surface area contributed by atoms with Gasteiger partial charge in [0.15, 0.2) is 12.8 Å². The van der Waals surface area contributed by atoms with Crippen LogP contribution in [0.25, 0.3) is 0 Å². The number of piperidine rings is 1. The third-order valence-electron chi connectivity index (χ3n) is 6.25. The van der Waals surface area contributed by atoms with Crippen LogP contribution in [0.5, 0.6) is 5.75 Å². The molecule has 1 saturated heterocycles. The Morgan fingerprint density at radius 2 is 2.06 bits per heavy atom. The molecule has 2 aliphatic rings. The van der Waals surface area contributed by atoms with Crippen molar-refractivity contribution in [2.24, 2.45) is 4.99 Å². The second-order valence-corrected chi connectivity index (χ2v) is 8.58. The number of hydrogen-bond acceptors (Lipinski definition) is 4. The summed E-state index contributed by atoms with van der Waals surface area (Å²) in [6, 6.07) is 14.6. The van der Waals surface area contributed by atoms with E-state index in [0.29, 0.717) is 31.7 Å². The number of fused-ring (bicyclic) bond motifs is 1. The number of likely N-dealkylation sites (tertiary alicyclic amines) is 1. The molecule has 6 nitrogen and oxygen atoms in total. The predicted molar refractivity (Wildman–Crippen MR) is 140 cm³/mol. The van der Waals surface area contributed by atoms with Gasteiger partial charge in [-0.2, -0.15) is 0 Å². The Bertz CT molecular complexity index is 928. The smallest absolute Gasteiger partial charge is 0.191 e. The van der Waals surface area contributed by atoms with Gasteiger partial charge in [0.05, 0.1) is 6.61 Å². The molecule has 2 aromatic rings. The molecule has 2 unspecified atom stereocenters. The highest BCUT2D eigenvalue weighted by atomic mass is 127. The van der Waals surface area contributed by atoms with Crippen LogP contribution in [0.1, 0.15) is 36.5 Å². The fraction of sp³-hybridized carbons (Fsp3) is 0.480. The van der Waals surface area contributed by atoms with Crippen LogP contribution in [-0.4, -0.2) is 49.9 Å². The molecule has 2 aromatic carbocycles. The number of ether oxygens (including phenoxy) is 2. The zero-order chi connectivity index (χ0) is 22.3.